The Balaban J connectivity index is 1.70. The highest BCUT2D eigenvalue weighted by molar-refractivity contribution is 5.82. The van der Waals surface area contributed by atoms with Gasteiger partial charge >= 0.3 is 35.3 Å². The second kappa shape index (κ2) is 11.1. The summed E-state index contributed by atoms with van der Waals surface area (Å²) in [6.07, 6.45) is -3.70. The van der Waals surface area contributed by atoms with E-state index in [0.717, 1.165) is 6.07 Å². The van der Waals surface area contributed by atoms with E-state index in [-0.39, 0.29) is 16.9 Å². The number of carbonyl (C=O) groups excluding carboxylic acids is 1. The van der Waals surface area contributed by atoms with Gasteiger partial charge in [0.1, 0.15) is 11.3 Å². The fourth-order valence-electron chi connectivity index (χ4n) is 3.41. The summed E-state index contributed by atoms with van der Waals surface area (Å²) < 4.78 is 126. The molecule has 0 aliphatic heterocycles. The van der Waals surface area contributed by atoms with E-state index in [4.69, 9.17) is 9.15 Å². The van der Waals surface area contributed by atoms with Gasteiger partial charge in [0.15, 0.2) is 0 Å². The molecule has 1 aromatic heterocycles. The van der Waals surface area contributed by atoms with E-state index < -0.39 is 61.3 Å². The van der Waals surface area contributed by atoms with Crippen molar-refractivity contribution in [1.82, 2.24) is 0 Å². The highest BCUT2D eigenvalue weighted by atomic mass is 19.4. The van der Waals surface area contributed by atoms with Crippen LogP contribution in [-0.2, 0) is 9.53 Å². The molecule has 0 unspecified atom stereocenters. The second-order valence-corrected chi connectivity index (χ2v) is 8.29. The fourth-order valence-corrected chi connectivity index (χ4v) is 3.41. The summed E-state index contributed by atoms with van der Waals surface area (Å²) in [7, 11) is 0. The lowest BCUT2D eigenvalue weighted by atomic mass is 9.95. The Morgan fingerprint density at radius 1 is 0.846 bits per heavy atom. The van der Waals surface area contributed by atoms with Gasteiger partial charge in [-0.15, -0.1) is 0 Å². The largest absolute Gasteiger partial charge is 0.493 e. The zero-order valence-corrected chi connectivity index (χ0v) is 19.9. The van der Waals surface area contributed by atoms with Gasteiger partial charge in [-0.1, -0.05) is 36.9 Å². The molecule has 39 heavy (non-hydrogen) atoms. The minimum atomic E-state index is -6.51. The van der Waals surface area contributed by atoms with Crippen LogP contribution in [0, 0.1) is 0 Å². The third-order valence-corrected chi connectivity index (χ3v) is 5.62. The standard InChI is InChI=1S/C26H20F8O5/c1-2-21(35)38-13-11-24(29,30)26(33,34)25(31,32)23(27,28)10-12-37-18-9-8-17-14-19(16-6-4-3-5-7-16)22(36)39-20(17)15-18/h2-9,14-15H,1,10-13H2. The predicted molar refractivity (Wildman–Crippen MR) is 124 cm³/mol. The molecule has 0 saturated heterocycles. The molecule has 3 rings (SSSR count). The van der Waals surface area contributed by atoms with E-state index in [9.17, 15) is 44.7 Å². The number of fused-ring (bicyclic) bond motifs is 1. The third kappa shape index (κ3) is 6.07. The van der Waals surface area contributed by atoms with Crippen LogP contribution in [-0.4, -0.2) is 42.9 Å². The number of halogens is 8. The molecule has 0 fully saturated rings. The molecule has 3 aromatic rings. The van der Waals surface area contributed by atoms with Crippen molar-refractivity contribution >= 4 is 16.9 Å². The van der Waals surface area contributed by atoms with Crippen LogP contribution < -0.4 is 10.4 Å². The molecule has 0 spiro atoms. The van der Waals surface area contributed by atoms with Crippen molar-refractivity contribution in [2.75, 3.05) is 13.2 Å². The van der Waals surface area contributed by atoms with Crippen LogP contribution in [0.3, 0.4) is 0 Å². The molecular weight excluding hydrogens is 544 g/mol. The number of alkyl halides is 8. The summed E-state index contributed by atoms with van der Waals surface area (Å²) in [4.78, 5) is 23.2. The summed E-state index contributed by atoms with van der Waals surface area (Å²) in [6, 6.07) is 13.7. The molecular formula is C26H20F8O5. The first-order valence-corrected chi connectivity index (χ1v) is 11.2. The molecule has 0 radical (unpaired) electrons. The molecule has 2 aromatic carbocycles. The van der Waals surface area contributed by atoms with E-state index in [0.29, 0.717) is 17.0 Å². The molecule has 0 aliphatic rings. The van der Waals surface area contributed by atoms with Crippen molar-refractivity contribution in [3.63, 3.8) is 0 Å². The zero-order valence-electron chi connectivity index (χ0n) is 19.9. The topological polar surface area (TPSA) is 65.7 Å². The monoisotopic (exact) mass is 564 g/mol. The zero-order chi connectivity index (χ0) is 29.1. The van der Waals surface area contributed by atoms with Crippen LogP contribution in [0.4, 0.5) is 35.1 Å². The molecule has 0 saturated carbocycles. The Labute approximate surface area is 215 Å². The summed E-state index contributed by atoms with van der Waals surface area (Å²) in [5.41, 5.74) is 0.0177. The lowest BCUT2D eigenvalue weighted by Crippen LogP contribution is -2.62. The summed E-state index contributed by atoms with van der Waals surface area (Å²) in [5.74, 6) is -25.8. The van der Waals surface area contributed by atoms with Gasteiger partial charge in [0.2, 0.25) is 0 Å². The van der Waals surface area contributed by atoms with Gasteiger partial charge in [0.25, 0.3) is 0 Å². The van der Waals surface area contributed by atoms with Crippen LogP contribution in [0.15, 0.2) is 76.5 Å². The smallest absolute Gasteiger partial charge is 0.378 e. The second-order valence-electron chi connectivity index (χ2n) is 8.29. The number of hydrogen-bond acceptors (Lipinski definition) is 5. The Bertz CT molecular complexity index is 1390. The van der Waals surface area contributed by atoms with Crippen LogP contribution in [0.5, 0.6) is 5.75 Å². The average Bonchev–Trinajstić information content (AvgIpc) is 2.88. The number of hydrogen-bond donors (Lipinski definition) is 0. The summed E-state index contributed by atoms with van der Waals surface area (Å²) in [5, 5.41) is 0.401. The maximum atomic E-state index is 14.1. The highest BCUT2D eigenvalue weighted by Gasteiger charge is 2.79. The number of benzene rings is 2. The van der Waals surface area contributed by atoms with E-state index in [1.807, 2.05) is 0 Å². The van der Waals surface area contributed by atoms with Crippen LogP contribution >= 0.6 is 0 Å². The number of carbonyl (C=O) groups is 1. The van der Waals surface area contributed by atoms with Crippen molar-refractivity contribution in [3.8, 4) is 16.9 Å². The van der Waals surface area contributed by atoms with E-state index >= 15 is 0 Å². The Hall–Kier alpha value is -3.90. The van der Waals surface area contributed by atoms with E-state index in [1.165, 1.54) is 18.2 Å². The first-order chi connectivity index (χ1) is 18.1. The third-order valence-electron chi connectivity index (χ3n) is 5.62. The van der Waals surface area contributed by atoms with Crippen molar-refractivity contribution in [3.05, 3.63) is 77.7 Å². The number of rotatable bonds is 12. The maximum absolute atomic E-state index is 14.1. The van der Waals surface area contributed by atoms with Crippen molar-refractivity contribution in [1.29, 1.82) is 0 Å². The SMILES string of the molecule is C=CC(=O)OCCC(F)(F)C(F)(F)C(F)(F)C(F)(F)CCOc1ccc2cc(-c3ccccc3)c(=O)oc2c1. The van der Waals surface area contributed by atoms with Gasteiger partial charge < -0.3 is 13.9 Å². The minimum absolute atomic E-state index is 0.0439. The normalized spacial score (nSPS) is 12.8. The van der Waals surface area contributed by atoms with E-state index in [2.05, 4.69) is 11.3 Å². The Kier molecular flexibility index (Phi) is 8.42. The molecule has 210 valence electrons. The molecule has 5 nitrogen and oxygen atoms in total. The first-order valence-electron chi connectivity index (χ1n) is 11.2. The maximum Gasteiger partial charge on any atom is 0.378 e. The fraction of sp³-hybridized carbons (Fsp3) is 0.308. The number of esters is 1. The quantitative estimate of drug-likeness (QED) is 0.104. The number of ether oxygens (including phenoxy) is 2. The highest BCUT2D eigenvalue weighted by Crippen LogP contribution is 2.54. The van der Waals surface area contributed by atoms with E-state index in [1.54, 1.807) is 30.3 Å². The van der Waals surface area contributed by atoms with Gasteiger partial charge in [-0.25, -0.2) is 9.59 Å². The lowest BCUT2D eigenvalue weighted by molar-refractivity contribution is -0.368. The predicted octanol–water partition coefficient (Wildman–Crippen LogP) is 6.89. The molecule has 0 aliphatic carbocycles. The molecule has 1 heterocycles. The van der Waals surface area contributed by atoms with Crippen molar-refractivity contribution < 1.29 is 53.8 Å². The molecule has 0 atom stereocenters. The Morgan fingerprint density at radius 3 is 2.03 bits per heavy atom. The van der Waals surface area contributed by atoms with Gasteiger partial charge in [-0.05, 0) is 23.8 Å². The molecule has 0 N–H and O–H groups in total. The minimum Gasteiger partial charge on any atom is -0.493 e. The average molecular weight is 564 g/mol. The lowest BCUT2D eigenvalue weighted by Gasteiger charge is -2.36. The van der Waals surface area contributed by atoms with Crippen LogP contribution in [0.25, 0.3) is 22.1 Å². The Morgan fingerprint density at radius 2 is 1.44 bits per heavy atom. The van der Waals surface area contributed by atoms with Crippen molar-refractivity contribution in [2.24, 2.45) is 0 Å². The first kappa shape index (κ1) is 29.7. The molecule has 13 heteroatoms. The molecule has 0 amide bonds. The van der Waals surface area contributed by atoms with Gasteiger partial charge in [0.05, 0.1) is 31.6 Å². The summed E-state index contributed by atoms with van der Waals surface area (Å²) >= 11 is 0. The van der Waals surface area contributed by atoms with Gasteiger partial charge in [0, 0.05) is 17.5 Å². The van der Waals surface area contributed by atoms with Crippen molar-refractivity contribution in [2.45, 2.75) is 36.5 Å². The van der Waals surface area contributed by atoms with Gasteiger partial charge in [-0.3, -0.25) is 0 Å². The van der Waals surface area contributed by atoms with Gasteiger partial charge in [-0.2, -0.15) is 35.1 Å². The summed E-state index contributed by atoms with van der Waals surface area (Å²) in [6.45, 7) is 0.200. The van der Waals surface area contributed by atoms with Crippen LogP contribution in [0.1, 0.15) is 12.8 Å². The molecule has 0 bridgehead atoms. The van der Waals surface area contributed by atoms with Crippen LogP contribution in [0.2, 0.25) is 0 Å².